The quantitative estimate of drug-likeness (QED) is 0.740. The average Bonchev–Trinajstić information content (AvgIpc) is 2.56. The molecule has 1 aliphatic heterocycles. The van der Waals surface area contributed by atoms with Gasteiger partial charge < -0.3 is 9.64 Å². The van der Waals surface area contributed by atoms with E-state index >= 15 is 0 Å². The van der Waals surface area contributed by atoms with Crippen LogP contribution < -0.4 is 9.46 Å². The lowest BCUT2D eigenvalue weighted by Gasteiger charge is -2.31. The molecule has 0 atom stereocenters. The molecule has 1 fully saturated rings. The molecule has 1 aromatic rings. The third-order valence-corrected chi connectivity index (χ3v) is 5.79. The van der Waals surface area contributed by atoms with Gasteiger partial charge in [0.1, 0.15) is 12.4 Å². The van der Waals surface area contributed by atoms with Crippen LogP contribution in [0, 0.1) is 12.8 Å². The first kappa shape index (κ1) is 19.2. The Balaban J connectivity index is 1.65. The highest BCUT2D eigenvalue weighted by Gasteiger charge is 2.20. The zero-order chi connectivity index (χ0) is 17.4. The molecule has 1 aromatic carbocycles. The molecule has 0 bridgehead atoms. The molecule has 0 aromatic heterocycles. The Morgan fingerprint density at radius 2 is 1.88 bits per heavy atom. The Labute approximate surface area is 146 Å². The van der Waals surface area contributed by atoms with Gasteiger partial charge in [-0.15, -0.1) is 0 Å². The summed E-state index contributed by atoms with van der Waals surface area (Å²) in [5.74, 6) is 1.15. The first-order valence-corrected chi connectivity index (χ1v) is 10.5. The van der Waals surface area contributed by atoms with Crippen molar-refractivity contribution in [3.05, 3.63) is 29.8 Å². The van der Waals surface area contributed by atoms with Crippen LogP contribution in [-0.2, 0) is 10.0 Å². The number of likely N-dealkylation sites (tertiary alicyclic amines) is 1. The lowest BCUT2D eigenvalue weighted by atomic mass is 9.97. The van der Waals surface area contributed by atoms with Gasteiger partial charge in [-0.1, -0.05) is 24.6 Å². The van der Waals surface area contributed by atoms with E-state index in [-0.39, 0.29) is 12.4 Å². The Hall–Kier alpha value is -1.11. The first-order valence-electron chi connectivity index (χ1n) is 8.87. The summed E-state index contributed by atoms with van der Waals surface area (Å²) in [4.78, 5) is 2.46. The van der Waals surface area contributed by atoms with Crippen molar-refractivity contribution in [3.8, 4) is 5.75 Å². The molecule has 1 heterocycles. The summed E-state index contributed by atoms with van der Waals surface area (Å²) in [5.41, 5.74) is 1.15. The Kier molecular flexibility index (Phi) is 7.52. The minimum Gasteiger partial charge on any atom is -0.492 e. The minimum atomic E-state index is -3.27. The summed E-state index contributed by atoms with van der Waals surface area (Å²) in [6.07, 6.45) is 3.32. The standard InChI is InChI=1S/C18H30N2O3S/c1-3-10-20-11-8-17(9-12-20)15-19-24(21,22)14-13-23-18-6-4-16(2)5-7-18/h4-7,17,19H,3,8-15H2,1-2H3. The summed E-state index contributed by atoms with van der Waals surface area (Å²) in [6, 6.07) is 7.62. The molecule has 136 valence electrons. The number of piperidine rings is 1. The number of rotatable bonds is 9. The fourth-order valence-electron chi connectivity index (χ4n) is 2.95. The van der Waals surface area contributed by atoms with Crippen LogP contribution in [0.5, 0.6) is 5.75 Å². The number of nitrogens with zero attached hydrogens (tertiary/aromatic N) is 1. The molecule has 0 saturated carbocycles. The first-order chi connectivity index (χ1) is 11.5. The van der Waals surface area contributed by atoms with E-state index in [0.717, 1.165) is 38.0 Å². The third-order valence-electron chi connectivity index (χ3n) is 4.48. The molecular formula is C18H30N2O3S. The van der Waals surface area contributed by atoms with Crippen molar-refractivity contribution >= 4 is 10.0 Å². The summed E-state index contributed by atoms with van der Waals surface area (Å²) in [7, 11) is -3.27. The Bertz CT molecular complexity index is 579. The van der Waals surface area contributed by atoms with Crippen LogP contribution in [0.3, 0.4) is 0 Å². The van der Waals surface area contributed by atoms with Crippen LogP contribution in [0.15, 0.2) is 24.3 Å². The summed E-state index contributed by atoms with van der Waals surface area (Å²) >= 11 is 0. The van der Waals surface area contributed by atoms with E-state index in [9.17, 15) is 8.42 Å². The molecule has 0 radical (unpaired) electrons. The zero-order valence-corrected chi connectivity index (χ0v) is 15.6. The fourth-order valence-corrected chi connectivity index (χ4v) is 3.89. The maximum atomic E-state index is 12.1. The van der Waals surface area contributed by atoms with Gasteiger partial charge in [0, 0.05) is 6.54 Å². The largest absolute Gasteiger partial charge is 0.492 e. The molecule has 1 aliphatic rings. The summed E-state index contributed by atoms with van der Waals surface area (Å²) in [6.45, 7) is 8.23. The second-order valence-electron chi connectivity index (χ2n) is 6.61. The number of nitrogens with one attached hydrogen (secondary N) is 1. The minimum absolute atomic E-state index is 0.00441. The lowest BCUT2D eigenvalue weighted by molar-refractivity contribution is 0.186. The van der Waals surface area contributed by atoms with Crippen molar-refractivity contribution in [3.63, 3.8) is 0 Å². The number of aryl methyl sites for hydroxylation is 1. The highest BCUT2D eigenvalue weighted by Crippen LogP contribution is 2.16. The highest BCUT2D eigenvalue weighted by atomic mass is 32.2. The number of hydrogen-bond donors (Lipinski definition) is 1. The molecule has 0 spiro atoms. The van der Waals surface area contributed by atoms with Gasteiger partial charge in [0.05, 0.1) is 5.75 Å². The fraction of sp³-hybridized carbons (Fsp3) is 0.667. The lowest BCUT2D eigenvalue weighted by Crippen LogP contribution is -2.39. The topological polar surface area (TPSA) is 58.6 Å². The van der Waals surface area contributed by atoms with Gasteiger partial charge in [-0.2, -0.15) is 0 Å². The van der Waals surface area contributed by atoms with E-state index in [1.165, 1.54) is 6.42 Å². The molecule has 5 nitrogen and oxygen atoms in total. The monoisotopic (exact) mass is 354 g/mol. The maximum absolute atomic E-state index is 12.1. The summed E-state index contributed by atoms with van der Waals surface area (Å²) < 4.78 is 32.4. The molecule has 1 saturated heterocycles. The maximum Gasteiger partial charge on any atom is 0.214 e. The number of hydrogen-bond acceptors (Lipinski definition) is 4. The third kappa shape index (κ3) is 6.79. The van der Waals surface area contributed by atoms with Crippen LogP contribution in [0.2, 0.25) is 0 Å². The normalized spacial score (nSPS) is 17.1. The number of benzene rings is 1. The van der Waals surface area contributed by atoms with Crippen molar-refractivity contribution in [1.29, 1.82) is 0 Å². The molecule has 0 unspecified atom stereocenters. The van der Waals surface area contributed by atoms with Crippen LogP contribution in [-0.4, -0.2) is 51.9 Å². The Morgan fingerprint density at radius 1 is 1.21 bits per heavy atom. The van der Waals surface area contributed by atoms with Crippen molar-refractivity contribution < 1.29 is 13.2 Å². The second kappa shape index (κ2) is 9.39. The molecule has 6 heteroatoms. The molecule has 24 heavy (non-hydrogen) atoms. The number of ether oxygens (including phenoxy) is 1. The van der Waals surface area contributed by atoms with E-state index in [0.29, 0.717) is 18.2 Å². The molecular weight excluding hydrogens is 324 g/mol. The molecule has 1 N–H and O–H groups in total. The highest BCUT2D eigenvalue weighted by molar-refractivity contribution is 7.89. The smallest absolute Gasteiger partial charge is 0.214 e. The Morgan fingerprint density at radius 3 is 2.50 bits per heavy atom. The zero-order valence-electron chi connectivity index (χ0n) is 14.8. The predicted octanol–water partition coefficient (Wildman–Crippen LogP) is 2.42. The van der Waals surface area contributed by atoms with Crippen molar-refractivity contribution in [2.24, 2.45) is 5.92 Å². The summed E-state index contributed by atoms with van der Waals surface area (Å²) in [5, 5.41) is 0. The van der Waals surface area contributed by atoms with Gasteiger partial charge in [-0.05, 0) is 63.9 Å². The van der Waals surface area contributed by atoms with E-state index in [1.807, 2.05) is 31.2 Å². The van der Waals surface area contributed by atoms with Gasteiger partial charge in [-0.3, -0.25) is 0 Å². The van der Waals surface area contributed by atoms with Crippen molar-refractivity contribution in [1.82, 2.24) is 9.62 Å². The van der Waals surface area contributed by atoms with Crippen LogP contribution >= 0.6 is 0 Å². The van der Waals surface area contributed by atoms with Gasteiger partial charge in [0.15, 0.2) is 0 Å². The molecule has 0 amide bonds. The number of sulfonamides is 1. The molecule has 0 aliphatic carbocycles. The van der Waals surface area contributed by atoms with Crippen LogP contribution in [0.25, 0.3) is 0 Å². The van der Waals surface area contributed by atoms with Gasteiger partial charge >= 0.3 is 0 Å². The van der Waals surface area contributed by atoms with E-state index in [1.54, 1.807) is 0 Å². The molecule has 2 rings (SSSR count). The van der Waals surface area contributed by atoms with Gasteiger partial charge in [-0.25, -0.2) is 13.1 Å². The SMILES string of the molecule is CCCN1CCC(CNS(=O)(=O)CCOc2ccc(C)cc2)CC1. The predicted molar refractivity (Wildman–Crippen MR) is 97.9 cm³/mol. The van der Waals surface area contributed by atoms with Crippen molar-refractivity contribution in [2.75, 3.05) is 38.5 Å². The van der Waals surface area contributed by atoms with Gasteiger partial charge in [0.2, 0.25) is 10.0 Å². The van der Waals surface area contributed by atoms with Crippen molar-refractivity contribution in [2.45, 2.75) is 33.1 Å². The average molecular weight is 355 g/mol. The van der Waals surface area contributed by atoms with E-state index < -0.39 is 10.0 Å². The second-order valence-corrected chi connectivity index (χ2v) is 8.54. The van der Waals surface area contributed by atoms with E-state index in [2.05, 4.69) is 16.5 Å². The van der Waals surface area contributed by atoms with E-state index in [4.69, 9.17) is 4.74 Å². The van der Waals surface area contributed by atoms with Crippen LogP contribution in [0.4, 0.5) is 0 Å². The van der Waals surface area contributed by atoms with Gasteiger partial charge in [0.25, 0.3) is 0 Å². The van der Waals surface area contributed by atoms with Crippen LogP contribution in [0.1, 0.15) is 31.7 Å².